The first-order chi connectivity index (χ1) is 41.0. The molecule has 0 fully saturated rings. The van der Waals surface area contributed by atoms with Crippen LogP contribution in [-0.4, -0.2) is 70.0 Å². The third-order valence-corrected chi connectivity index (χ3v) is 16.1. The summed E-state index contributed by atoms with van der Waals surface area (Å²) in [6.07, 6.45) is 89.2. The van der Waals surface area contributed by atoms with Gasteiger partial charge in [0.2, 0.25) is 0 Å². The van der Waals surface area contributed by atoms with Crippen molar-refractivity contribution in [3.63, 3.8) is 0 Å². The first-order valence-electron chi connectivity index (χ1n) is 34.9. The number of likely N-dealkylation sites (N-methyl/N-ethyl adjacent to an activating group) is 1. The van der Waals surface area contributed by atoms with Crippen molar-refractivity contribution in [2.75, 3.05) is 47.5 Å². The molecule has 0 aromatic heterocycles. The highest BCUT2D eigenvalue weighted by molar-refractivity contribution is 7.45. The summed E-state index contributed by atoms with van der Waals surface area (Å²) in [6.45, 7) is 4.13. The predicted molar refractivity (Wildman–Crippen MR) is 360 cm³/mol. The van der Waals surface area contributed by atoms with Gasteiger partial charge in [0.15, 0.2) is 6.10 Å². The molecule has 0 aliphatic rings. The number of phosphoric ester groups is 1. The number of hydrogen-bond acceptors (Lipinski definition) is 8. The van der Waals surface area contributed by atoms with Crippen LogP contribution in [0, 0.1) is 0 Å². The minimum absolute atomic E-state index is 0.0397. The molecule has 0 aromatic rings. The smallest absolute Gasteiger partial charge is 0.306 e. The molecule has 9 nitrogen and oxygen atoms in total. The quantitative estimate of drug-likeness (QED) is 0.0195. The third kappa shape index (κ3) is 68.0. The third-order valence-electron chi connectivity index (χ3n) is 15.1. The molecule has 0 aliphatic heterocycles. The molecule has 2 unspecified atom stereocenters. The molecule has 486 valence electrons. The fourth-order valence-corrected chi connectivity index (χ4v) is 10.5. The van der Waals surface area contributed by atoms with Gasteiger partial charge in [-0.05, 0) is 77.0 Å². The predicted octanol–water partition coefficient (Wildman–Crippen LogP) is 22.1. The molecule has 0 heterocycles. The Morgan fingerprint density at radius 1 is 0.381 bits per heavy atom. The van der Waals surface area contributed by atoms with Crippen LogP contribution >= 0.6 is 7.82 Å². The molecule has 84 heavy (non-hydrogen) atoms. The Balaban J connectivity index is 4.10. The number of unbranched alkanes of at least 4 members (excludes halogenated alkanes) is 34. The van der Waals surface area contributed by atoms with E-state index in [4.69, 9.17) is 18.5 Å². The Morgan fingerprint density at radius 3 is 1.01 bits per heavy atom. The van der Waals surface area contributed by atoms with Gasteiger partial charge in [0, 0.05) is 12.8 Å². The normalized spacial score (nSPS) is 13.7. The number of nitrogens with zero attached hydrogens (tertiary/aromatic N) is 1. The Hall–Kier alpha value is -3.07. The molecule has 0 radical (unpaired) electrons. The molecule has 0 spiro atoms. The maximum Gasteiger partial charge on any atom is 0.306 e. The molecular formula is C74H132NO8P. The van der Waals surface area contributed by atoms with Gasteiger partial charge in [-0.25, -0.2) is 0 Å². The summed E-state index contributed by atoms with van der Waals surface area (Å²) in [5.74, 6) is -0.856. The topological polar surface area (TPSA) is 111 Å². The summed E-state index contributed by atoms with van der Waals surface area (Å²) >= 11 is 0. The van der Waals surface area contributed by atoms with Crippen molar-refractivity contribution in [2.45, 2.75) is 315 Å². The lowest BCUT2D eigenvalue weighted by Gasteiger charge is -2.28. The highest BCUT2D eigenvalue weighted by Gasteiger charge is 2.22. The number of allylic oxidation sites excluding steroid dienone is 16. The summed E-state index contributed by atoms with van der Waals surface area (Å²) < 4.78 is 34.3. The fourth-order valence-electron chi connectivity index (χ4n) is 9.79. The van der Waals surface area contributed by atoms with E-state index in [9.17, 15) is 19.0 Å². The van der Waals surface area contributed by atoms with Crippen LogP contribution in [-0.2, 0) is 32.7 Å². The first kappa shape index (κ1) is 80.9. The Kier molecular flexibility index (Phi) is 62.1. The van der Waals surface area contributed by atoms with Crippen LogP contribution in [0.5, 0.6) is 0 Å². The number of carbonyl (C=O) groups is 2. The molecule has 0 bridgehead atoms. The molecule has 0 aliphatic carbocycles. The van der Waals surface area contributed by atoms with Gasteiger partial charge in [-0.3, -0.25) is 14.2 Å². The van der Waals surface area contributed by atoms with Crippen LogP contribution < -0.4 is 4.89 Å². The molecule has 10 heteroatoms. The summed E-state index contributed by atoms with van der Waals surface area (Å²) in [5.41, 5.74) is 0. The first-order valence-corrected chi connectivity index (χ1v) is 36.4. The Labute approximate surface area is 519 Å². The fraction of sp³-hybridized carbons (Fsp3) is 0.757. The SMILES string of the molecule is CC/C=C\C/C=C\C/C=C\C/C=C\C/C=C\C/C=C\C/C=C\C/C=C\CCCCCCC(=O)OC(COC(=O)CCCCCCCCCCCCCCCCCCCCCCCCCCCCCCCCC)COP(=O)([O-])OCC[N+](C)(C)C. The van der Waals surface area contributed by atoms with Crippen molar-refractivity contribution < 1.29 is 42.1 Å². The number of ether oxygens (including phenoxy) is 2. The van der Waals surface area contributed by atoms with E-state index >= 15 is 0 Å². The lowest BCUT2D eigenvalue weighted by atomic mass is 10.0. The minimum Gasteiger partial charge on any atom is -0.756 e. The second kappa shape index (κ2) is 64.4. The van der Waals surface area contributed by atoms with Crippen molar-refractivity contribution >= 4 is 19.8 Å². The summed E-state index contributed by atoms with van der Waals surface area (Å²) in [6, 6.07) is 0. The minimum atomic E-state index is -4.65. The molecule has 0 rings (SSSR count). The van der Waals surface area contributed by atoms with Gasteiger partial charge in [0.1, 0.15) is 19.8 Å². The maximum atomic E-state index is 12.8. The maximum absolute atomic E-state index is 12.8. The number of quaternary nitrogens is 1. The Morgan fingerprint density at radius 2 is 0.679 bits per heavy atom. The number of phosphoric acid groups is 1. The average molecular weight is 1190 g/mol. The second-order valence-electron chi connectivity index (χ2n) is 24.5. The van der Waals surface area contributed by atoms with Crippen LogP contribution in [0.15, 0.2) is 97.2 Å². The van der Waals surface area contributed by atoms with Crippen LogP contribution in [0.25, 0.3) is 0 Å². The van der Waals surface area contributed by atoms with Gasteiger partial charge < -0.3 is 27.9 Å². The number of hydrogen-bond donors (Lipinski definition) is 0. The van der Waals surface area contributed by atoms with E-state index in [2.05, 4.69) is 111 Å². The number of esters is 2. The van der Waals surface area contributed by atoms with E-state index < -0.39 is 26.5 Å². The van der Waals surface area contributed by atoms with E-state index in [0.717, 1.165) is 96.3 Å². The highest BCUT2D eigenvalue weighted by atomic mass is 31.2. The van der Waals surface area contributed by atoms with E-state index in [1.54, 1.807) is 0 Å². The van der Waals surface area contributed by atoms with Crippen LogP contribution in [0.2, 0.25) is 0 Å². The van der Waals surface area contributed by atoms with Crippen LogP contribution in [0.4, 0.5) is 0 Å². The van der Waals surface area contributed by atoms with E-state index in [1.165, 1.54) is 180 Å². The van der Waals surface area contributed by atoms with Crippen LogP contribution in [0.1, 0.15) is 309 Å². The zero-order chi connectivity index (χ0) is 61.2. The van der Waals surface area contributed by atoms with Crippen molar-refractivity contribution in [1.29, 1.82) is 0 Å². The van der Waals surface area contributed by atoms with Crippen molar-refractivity contribution in [3.8, 4) is 0 Å². The lowest BCUT2D eigenvalue weighted by molar-refractivity contribution is -0.870. The Bertz CT molecular complexity index is 1740. The van der Waals surface area contributed by atoms with Gasteiger partial charge in [0.25, 0.3) is 7.82 Å². The average Bonchev–Trinajstić information content (AvgIpc) is 3.61. The van der Waals surface area contributed by atoms with Crippen molar-refractivity contribution in [1.82, 2.24) is 0 Å². The molecular weight excluding hydrogens is 1060 g/mol. The summed E-state index contributed by atoms with van der Waals surface area (Å²) in [5, 5.41) is 0. The monoisotopic (exact) mass is 1190 g/mol. The van der Waals surface area contributed by atoms with E-state index in [1.807, 2.05) is 21.1 Å². The van der Waals surface area contributed by atoms with Gasteiger partial charge in [-0.2, -0.15) is 0 Å². The summed E-state index contributed by atoms with van der Waals surface area (Å²) in [4.78, 5) is 38.0. The molecule has 0 saturated heterocycles. The zero-order valence-corrected chi connectivity index (χ0v) is 56.2. The van der Waals surface area contributed by atoms with E-state index in [0.29, 0.717) is 17.4 Å². The second-order valence-corrected chi connectivity index (χ2v) is 25.9. The van der Waals surface area contributed by atoms with Crippen LogP contribution in [0.3, 0.4) is 0 Å². The molecule has 0 N–H and O–H groups in total. The van der Waals surface area contributed by atoms with Gasteiger partial charge >= 0.3 is 11.9 Å². The number of carbonyl (C=O) groups excluding carboxylic acids is 2. The molecule has 2 atom stereocenters. The molecule has 0 saturated carbocycles. The molecule has 0 amide bonds. The summed E-state index contributed by atoms with van der Waals surface area (Å²) in [7, 11) is 1.15. The van der Waals surface area contributed by atoms with Crippen molar-refractivity contribution in [2.24, 2.45) is 0 Å². The standard InChI is InChI=1S/C74H132NO8P/c1-6-8-10-12-14-16-18-20-22-24-26-28-30-32-34-36-37-39-40-42-44-46-48-50-52-54-56-58-60-62-64-66-73(76)80-70-72(71-82-84(78,79)81-69-68-75(3,4)5)83-74(77)67-65-63-61-59-57-55-53-51-49-47-45-43-41-38-35-33-31-29-27-25-23-21-19-17-15-13-11-9-7-2/h9,11,15,17,21,23,27,29,33,35,41,43,47,49,53,55,72H,6-8,10,12-14,16,18-20,22,24-26,28,30-32,34,36-40,42,44-46,48,50-52,54,56-71H2,1-5H3/b11-9-,17-15-,23-21-,29-27-,35-33-,43-41-,49-47-,55-53-. The van der Waals surface area contributed by atoms with Gasteiger partial charge in [-0.15, -0.1) is 0 Å². The van der Waals surface area contributed by atoms with Gasteiger partial charge in [-0.1, -0.05) is 317 Å². The van der Waals surface area contributed by atoms with Crippen molar-refractivity contribution in [3.05, 3.63) is 97.2 Å². The van der Waals surface area contributed by atoms with E-state index in [-0.39, 0.29) is 32.0 Å². The molecule has 0 aromatic carbocycles. The highest BCUT2D eigenvalue weighted by Crippen LogP contribution is 2.38. The number of rotatable bonds is 64. The zero-order valence-electron chi connectivity index (χ0n) is 55.3. The van der Waals surface area contributed by atoms with Gasteiger partial charge in [0.05, 0.1) is 27.7 Å². The lowest BCUT2D eigenvalue weighted by Crippen LogP contribution is -2.37. The largest absolute Gasteiger partial charge is 0.756 e.